The molecule has 0 heterocycles. The summed E-state index contributed by atoms with van der Waals surface area (Å²) in [5.74, 6) is 2.40. The van der Waals surface area contributed by atoms with E-state index in [-0.39, 0.29) is 0 Å². The van der Waals surface area contributed by atoms with Crippen molar-refractivity contribution in [2.45, 2.75) is 0 Å². The number of terminal acetylenes is 2. The maximum absolute atomic E-state index is 4.94. The topological polar surface area (TPSA) is 3.24 Å². The number of rotatable bonds is 1. The number of hydrogen-bond acceptors (Lipinski definition) is 1. The summed E-state index contributed by atoms with van der Waals surface area (Å²) in [4.78, 5) is 1.60. The lowest BCUT2D eigenvalue weighted by atomic mass is 10.6. The van der Waals surface area contributed by atoms with Crippen LogP contribution in [-0.4, -0.2) is 18.5 Å². The van der Waals surface area contributed by atoms with E-state index < -0.39 is 0 Å². The Balaban J connectivity index is 3.27. The van der Waals surface area contributed by atoms with Gasteiger partial charge in [-0.2, -0.15) is 0 Å². The van der Waals surface area contributed by atoms with Crippen LogP contribution in [0.3, 0.4) is 0 Å². The molecule has 36 valence electrons. The first-order valence-electron chi connectivity index (χ1n) is 1.92. The summed E-state index contributed by atoms with van der Waals surface area (Å²) in [6.45, 7) is 0.524. The molecule has 0 aliphatic heterocycles. The molecule has 0 saturated heterocycles. The molecule has 0 fully saturated rings. The molecule has 0 aromatic carbocycles. The molecule has 0 aliphatic rings. The molecule has 1 nitrogen and oxygen atoms in total. The van der Waals surface area contributed by atoms with Crippen LogP contribution < -0.4 is 0 Å². The summed E-state index contributed by atoms with van der Waals surface area (Å²) in [6.07, 6.45) is 9.86. The van der Waals surface area contributed by atoms with E-state index in [1.165, 1.54) is 0 Å². The van der Waals surface area contributed by atoms with E-state index in [0.717, 1.165) is 0 Å². The minimum atomic E-state index is 0.524. The van der Waals surface area contributed by atoms with Crippen LogP contribution in [0.5, 0.6) is 0 Å². The molecule has 0 N–H and O–H groups in total. The highest BCUT2D eigenvalue weighted by Crippen LogP contribution is 1.70. The van der Waals surface area contributed by atoms with Gasteiger partial charge in [-0.3, -0.25) is 0 Å². The van der Waals surface area contributed by atoms with Crippen molar-refractivity contribution < 1.29 is 0 Å². The van der Waals surface area contributed by atoms with Crippen LogP contribution in [0.2, 0.25) is 0 Å². The van der Waals surface area contributed by atoms with Crippen LogP contribution in [0.25, 0.3) is 0 Å². The van der Waals surface area contributed by atoms with Gasteiger partial charge in [0.1, 0.15) is 0 Å². The van der Waals surface area contributed by atoms with Crippen molar-refractivity contribution in [1.29, 1.82) is 0 Å². The molecule has 1 heteroatoms. The first-order valence-corrected chi connectivity index (χ1v) is 1.92. The summed E-state index contributed by atoms with van der Waals surface area (Å²) < 4.78 is 0. The second-order valence-corrected chi connectivity index (χ2v) is 1.19. The van der Waals surface area contributed by atoms with Gasteiger partial charge in [-0.15, -0.1) is 6.42 Å². The van der Waals surface area contributed by atoms with E-state index in [4.69, 9.17) is 12.8 Å². The van der Waals surface area contributed by atoms with Gasteiger partial charge in [-0.05, 0) is 0 Å². The lowest BCUT2D eigenvalue weighted by Gasteiger charge is -2.01. The summed E-state index contributed by atoms with van der Waals surface area (Å²) in [5.41, 5.74) is 0. The molecular formula is C6H7N. The predicted octanol–water partition coefficient (Wildman–Crippen LogP) is 0.142. The number of nitrogens with zero attached hydrogens (tertiary/aromatic N) is 1. The Hall–Kier alpha value is -1.08. The van der Waals surface area contributed by atoms with Crippen molar-refractivity contribution in [1.82, 2.24) is 4.90 Å². The Bertz CT molecular complexity index is 113. The Morgan fingerprint density at radius 2 is 2.14 bits per heavy atom. The molecule has 0 unspecified atom stereocenters. The lowest BCUT2D eigenvalue weighted by Crippen LogP contribution is -2.09. The standard InChI is InChI=1S/C6H7N/c1-4-6-7(3)5-2/h1-2H,6H2,3H3. The first kappa shape index (κ1) is 5.92. The molecule has 0 aromatic rings. The van der Waals surface area contributed by atoms with Crippen molar-refractivity contribution in [3.05, 3.63) is 0 Å². The van der Waals surface area contributed by atoms with Crippen LogP contribution in [-0.2, 0) is 0 Å². The molecule has 0 saturated carbocycles. The van der Waals surface area contributed by atoms with E-state index >= 15 is 0 Å². The van der Waals surface area contributed by atoms with Gasteiger partial charge in [0, 0.05) is 13.1 Å². The molecule has 0 amide bonds. The van der Waals surface area contributed by atoms with Gasteiger partial charge in [0.2, 0.25) is 0 Å². The normalized spacial score (nSPS) is 6.14. The van der Waals surface area contributed by atoms with Gasteiger partial charge in [0.05, 0.1) is 6.54 Å². The zero-order valence-corrected chi connectivity index (χ0v) is 4.31. The van der Waals surface area contributed by atoms with Gasteiger partial charge >= 0.3 is 0 Å². The average Bonchev–Trinajstić information content (AvgIpc) is 1.68. The van der Waals surface area contributed by atoms with Crippen LogP contribution >= 0.6 is 0 Å². The zero-order chi connectivity index (χ0) is 5.70. The Labute approximate surface area is 44.3 Å². The molecule has 0 rings (SSSR count). The van der Waals surface area contributed by atoms with Crippen molar-refractivity contribution in [3.63, 3.8) is 0 Å². The van der Waals surface area contributed by atoms with E-state index in [1.807, 2.05) is 0 Å². The highest BCUT2D eigenvalue weighted by atomic mass is 15.0. The van der Waals surface area contributed by atoms with E-state index in [1.54, 1.807) is 11.9 Å². The maximum atomic E-state index is 4.94. The fraction of sp³-hybridized carbons (Fsp3) is 0.333. The Morgan fingerprint density at radius 3 is 2.29 bits per heavy atom. The summed E-state index contributed by atoms with van der Waals surface area (Å²) >= 11 is 0. The highest BCUT2D eigenvalue weighted by molar-refractivity contribution is 4.94. The molecule has 7 heavy (non-hydrogen) atoms. The Morgan fingerprint density at radius 1 is 1.57 bits per heavy atom. The van der Waals surface area contributed by atoms with Crippen LogP contribution in [0.1, 0.15) is 0 Å². The van der Waals surface area contributed by atoms with Crippen molar-refractivity contribution >= 4 is 0 Å². The van der Waals surface area contributed by atoms with E-state index in [9.17, 15) is 0 Å². The largest absolute Gasteiger partial charge is 0.324 e. The SMILES string of the molecule is C#CCN(C)C#C. The van der Waals surface area contributed by atoms with Gasteiger partial charge in [-0.1, -0.05) is 12.3 Å². The average molecular weight is 93.1 g/mol. The fourth-order valence-corrected chi connectivity index (χ4v) is 0.183. The predicted molar refractivity (Wildman–Crippen MR) is 30.3 cm³/mol. The number of hydrogen-bond donors (Lipinski definition) is 0. The van der Waals surface area contributed by atoms with E-state index in [0.29, 0.717) is 6.54 Å². The molecule has 0 radical (unpaired) electrons. The van der Waals surface area contributed by atoms with Gasteiger partial charge in [0.25, 0.3) is 0 Å². The quantitative estimate of drug-likeness (QED) is 0.329. The second kappa shape index (κ2) is 3.12. The second-order valence-electron chi connectivity index (χ2n) is 1.19. The van der Waals surface area contributed by atoms with E-state index in [2.05, 4.69) is 12.0 Å². The van der Waals surface area contributed by atoms with Crippen molar-refractivity contribution in [3.8, 4) is 24.8 Å². The molecule has 0 aromatic heterocycles. The fourth-order valence-electron chi connectivity index (χ4n) is 0.183. The Kier molecular flexibility index (Phi) is 2.64. The molecule has 0 aliphatic carbocycles. The maximum Gasteiger partial charge on any atom is 0.0863 e. The third-order valence-electron chi connectivity index (χ3n) is 0.549. The van der Waals surface area contributed by atoms with Gasteiger partial charge < -0.3 is 4.90 Å². The van der Waals surface area contributed by atoms with Crippen molar-refractivity contribution in [2.75, 3.05) is 13.6 Å². The molecule has 0 spiro atoms. The third-order valence-corrected chi connectivity index (χ3v) is 0.549. The minimum absolute atomic E-state index is 0.524. The zero-order valence-electron chi connectivity index (χ0n) is 4.31. The monoisotopic (exact) mass is 93.1 g/mol. The van der Waals surface area contributed by atoms with Crippen molar-refractivity contribution in [2.24, 2.45) is 0 Å². The molecular weight excluding hydrogens is 86.1 g/mol. The van der Waals surface area contributed by atoms with Crippen LogP contribution in [0.15, 0.2) is 0 Å². The lowest BCUT2D eigenvalue weighted by molar-refractivity contribution is 0.550. The summed E-state index contributed by atoms with van der Waals surface area (Å²) in [5, 5.41) is 0. The minimum Gasteiger partial charge on any atom is -0.324 e. The van der Waals surface area contributed by atoms with Crippen LogP contribution in [0.4, 0.5) is 0 Å². The van der Waals surface area contributed by atoms with Crippen LogP contribution in [0, 0.1) is 24.8 Å². The highest BCUT2D eigenvalue weighted by Gasteiger charge is 1.78. The summed E-state index contributed by atoms with van der Waals surface area (Å²) in [7, 11) is 1.76. The smallest absolute Gasteiger partial charge is 0.0863 e. The third kappa shape index (κ3) is 2.73. The molecule has 0 atom stereocenters. The first-order chi connectivity index (χ1) is 3.31. The van der Waals surface area contributed by atoms with Gasteiger partial charge in [-0.25, -0.2) is 0 Å². The molecule has 0 bridgehead atoms. The summed E-state index contributed by atoms with van der Waals surface area (Å²) in [6, 6.07) is 2.36. The van der Waals surface area contributed by atoms with Gasteiger partial charge in [0.15, 0.2) is 0 Å².